The number of aromatic nitrogens is 2. The topological polar surface area (TPSA) is 56.3 Å². The molecule has 0 spiro atoms. The van der Waals surface area contributed by atoms with Crippen molar-refractivity contribution in [1.29, 1.82) is 0 Å². The fourth-order valence-electron chi connectivity index (χ4n) is 1.71. The summed E-state index contributed by atoms with van der Waals surface area (Å²) in [6.07, 6.45) is 0.624. The Balaban J connectivity index is 2.05. The van der Waals surface area contributed by atoms with Gasteiger partial charge in [0.2, 0.25) is 0 Å². The summed E-state index contributed by atoms with van der Waals surface area (Å²) >= 11 is 0. The molecule has 1 aromatic carbocycles. The zero-order valence-electron chi connectivity index (χ0n) is 12.3. The fraction of sp³-hybridized carbons (Fsp3) is 0.333. The van der Waals surface area contributed by atoms with Crippen LogP contribution < -0.4 is 10.1 Å². The molecular weight excluding hydrogens is 292 g/mol. The molecule has 118 valence electrons. The van der Waals surface area contributed by atoms with Crippen LogP contribution in [0.3, 0.4) is 0 Å². The van der Waals surface area contributed by atoms with Crippen LogP contribution >= 0.6 is 0 Å². The lowest BCUT2D eigenvalue weighted by Crippen LogP contribution is -2.11. The quantitative estimate of drug-likeness (QED) is 0.628. The van der Waals surface area contributed by atoms with E-state index in [0.717, 1.165) is 11.8 Å². The molecule has 0 saturated carbocycles. The van der Waals surface area contributed by atoms with Gasteiger partial charge in [0.05, 0.1) is 6.20 Å². The minimum Gasteiger partial charge on any atom is -0.456 e. The number of hydrogen-bond donors (Lipinski definition) is 1. The van der Waals surface area contributed by atoms with E-state index >= 15 is 0 Å². The molecule has 7 heteroatoms. The summed E-state index contributed by atoms with van der Waals surface area (Å²) in [4.78, 5) is 7.74. The lowest BCUT2D eigenvalue weighted by Gasteiger charge is -2.14. The summed E-state index contributed by atoms with van der Waals surface area (Å²) < 4.78 is 37.1. The van der Waals surface area contributed by atoms with Crippen molar-refractivity contribution in [3.63, 3.8) is 0 Å². The Morgan fingerprint density at radius 3 is 2.64 bits per heavy atom. The van der Waals surface area contributed by atoms with Gasteiger partial charge in [-0.2, -0.15) is 4.98 Å². The van der Waals surface area contributed by atoms with Crippen LogP contribution in [0.1, 0.15) is 25.5 Å². The first kappa shape index (κ1) is 16.1. The third-order valence-corrected chi connectivity index (χ3v) is 2.89. The first-order valence-corrected chi connectivity index (χ1v) is 6.86. The normalized spacial score (nSPS) is 12.0. The zero-order chi connectivity index (χ0) is 15.9. The largest absolute Gasteiger partial charge is 0.456 e. The van der Waals surface area contributed by atoms with Gasteiger partial charge in [-0.25, -0.2) is 13.8 Å². The van der Waals surface area contributed by atoms with Crippen molar-refractivity contribution in [2.75, 3.05) is 18.7 Å². The first-order chi connectivity index (χ1) is 10.6. The van der Waals surface area contributed by atoms with Crippen LogP contribution in [0.2, 0.25) is 0 Å². The molecule has 0 aliphatic heterocycles. The monoisotopic (exact) mass is 309 g/mol. The molecule has 1 heterocycles. The van der Waals surface area contributed by atoms with Gasteiger partial charge in [-0.15, -0.1) is 0 Å². The van der Waals surface area contributed by atoms with Crippen molar-refractivity contribution in [2.24, 2.45) is 0 Å². The van der Waals surface area contributed by atoms with Gasteiger partial charge in [-0.3, -0.25) is 0 Å². The van der Waals surface area contributed by atoms with Crippen LogP contribution in [0.4, 0.5) is 14.6 Å². The molecule has 0 saturated heterocycles. The summed E-state index contributed by atoms with van der Waals surface area (Å²) in [5.41, 5.74) is 0.762. The predicted octanol–water partition coefficient (Wildman–Crippen LogP) is 3.30. The van der Waals surface area contributed by atoms with E-state index in [9.17, 15) is 8.78 Å². The Labute approximate surface area is 127 Å². The molecule has 0 aliphatic carbocycles. The number of benzene rings is 1. The molecule has 0 bridgehead atoms. The lowest BCUT2D eigenvalue weighted by molar-refractivity contribution is 0.166. The smallest absolute Gasteiger partial charge is 0.319 e. The van der Waals surface area contributed by atoms with Gasteiger partial charge in [0.15, 0.2) is 11.6 Å². The van der Waals surface area contributed by atoms with Crippen LogP contribution in [0.5, 0.6) is 6.01 Å². The van der Waals surface area contributed by atoms with Crippen molar-refractivity contribution in [1.82, 2.24) is 9.97 Å². The molecule has 1 aromatic heterocycles. The van der Waals surface area contributed by atoms with Gasteiger partial charge in [0, 0.05) is 6.61 Å². The van der Waals surface area contributed by atoms with Crippen LogP contribution in [0, 0.1) is 11.6 Å². The Morgan fingerprint density at radius 1 is 1.23 bits per heavy atom. The fourth-order valence-corrected chi connectivity index (χ4v) is 1.71. The molecule has 5 nitrogen and oxygen atoms in total. The van der Waals surface area contributed by atoms with E-state index in [0.29, 0.717) is 6.61 Å². The van der Waals surface area contributed by atoms with Crippen molar-refractivity contribution in [2.45, 2.75) is 20.0 Å². The van der Waals surface area contributed by atoms with Crippen LogP contribution in [0.25, 0.3) is 0 Å². The highest BCUT2D eigenvalue weighted by molar-refractivity contribution is 5.35. The van der Waals surface area contributed by atoms with E-state index in [2.05, 4.69) is 15.3 Å². The van der Waals surface area contributed by atoms with Crippen molar-refractivity contribution >= 4 is 5.82 Å². The average molecular weight is 309 g/mol. The molecule has 0 radical (unpaired) electrons. The summed E-state index contributed by atoms with van der Waals surface area (Å²) in [6.45, 7) is 4.24. The SMILES string of the molecule is CCOCNc1nc(OC(C)c2ccc(F)cc2)ncc1F. The van der Waals surface area contributed by atoms with Crippen molar-refractivity contribution in [3.8, 4) is 6.01 Å². The molecule has 1 atom stereocenters. The van der Waals surface area contributed by atoms with Crippen molar-refractivity contribution in [3.05, 3.63) is 47.7 Å². The maximum atomic E-state index is 13.6. The Bertz CT molecular complexity index is 608. The molecule has 22 heavy (non-hydrogen) atoms. The summed E-state index contributed by atoms with van der Waals surface area (Å²) in [6, 6.07) is 5.93. The van der Waals surface area contributed by atoms with Gasteiger partial charge in [-0.1, -0.05) is 12.1 Å². The van der Waals surface area contributed by atoms with Gasteiger partial charge < -0.3 is 14.8 Å². The zero-order valence-corrected chi connectivity index (χ0v) is 12.3. The minimum absolute atomic E-state index is 0.00440. The number of nitrogens with zero attached hydrogens (tertiary/aromatic N) is 2. The average Bonchev–Trinajstić information content (AvgIpc) is 2.51. The maximum absolute atomic E-state index is 13.6. The number of hydrogen-bond acceptors (Lipinski definition) is 5. The highest BCUT2D eigenvalue weighted by Gasteiger charge is 2.12. The molecule has 0 amide bonds. The Kier molecular flexibility index (Phi) is 5.60. The molecule has 0 aliphatic rings. The molecule has 2 aromatic rings. The minimum atomic E-state index is -0.596. The van der Waals surface area contributed by atoms with Gasteiger partial charge in [0.1, 0.15) is 18.7 Å². The third-order valence-electron chi connectivity index (χ3n) is 2.89. The highest BCUT2D eigenvalue weighted by atomic mass is 19.1. The van der Waals surface area contributed by atoms with Crippen LogP contribution in [0.15, 0.2) is 30.5 Å². The number of anilines is 1. The van der Waals surface area contributed by atoms with Crippen molar-refractivity contribution < 1.29 is 18.3 Å². The number of ether oxygens (including phenoxy) is 2. The number of halogens is 2. The number of nitrogens with one attached hydrogen (secondary N) is 1. The Hall–Kier alpha value is -2.28. The van der Waals surface area contributed by atoms with Crippen LogP contribution in [-0.2, 0) is 4.74 Å². The standard InChI is InChI=1S/C15H17F2N3O2/c1-3-21-9-19-14-13(17)8-18-15(20-14)22-10(2)11-4-6-12(16)7-5-11/h4-8,10H,3,9H2,1-2H3,(H,18,19,20). The highest BCUT2D eigenvalue weighted by Crippen LogP contribution is 2.21. The van der Waals surface area contributed by atoms with E-state index in [1.165, 1.54) is 12.1 Å². The molecule has 1 unspecified atom stereocenters. The maximum Gasteiger partial charge on any atom is 0.319 e. The van der Waals surface area contributed by atoms with Gasteiger partial charge in [-0.05, 0) is 31.5 Å². The van der Waals surface area contributed by atoms with E-state index in [1.807, 2.05) is 6.92 Å². The number of rotatable bonds is 7. The lowest BCUT2D eigenvalue weighted by atomic mass is 10.1. The van der Waals surface area contributed by atoms with E-state index in [1.54, 1.807) is 19.1 Å². The van der Waals surface area contributed by atoms with Gasteiger partial charge in [0.25, 0.3) is 0 Å². The molecule has 1 N–H and O–H groups in total. The third kappa shape index (κ3) is 4.36. The second-order valence-electron chi connectivity index (χ2n) is 4.47. The van der Waals surface area contributed by atoms with Gasteiger partial charge >= 0.3 is 6.01 Å². The molecule has 2 rings (SSSR count). The second-order valence-corrected chi connectivity index (χ2v) is 4.47. The van der Waals surface area contributed by atoms with E-state index in [4.69, 9.17) is 9.47 Å². The van der Waals surface area contributed by atoms with E-state index in [-0.39, 0.29) is 24.4 Å². The van der Waals surface area contributed by atoms with E-state index < -0.39 is 11.9 Å². The Morgan fingerprint density at radius 2 is 1.95 bits per heavy atom. The summed E-state index contributed by atoms with van der Waals surface area (Å²) in [5.74, 6) is -0.914. The van der Waals surface area contributed by atoms with Crippen LogP contribution in [-0.4, -0.2) is 23.3 Å². The summed E-state index contributed by atoms with van der Waals surface area (Å²) in [7, 11) is 0. The first-order valence-electron chi connectivity index (χ1n) is 6.86. The molecule has 0 fully saturated rings. The summed E-state index contributed by atoms with van der Waals surface area (Å²) in [5, 5.41) is 2.70. The second kappa shape index (κ2) is 7.65. The molecular formula is C15H17F2N3O2. The predicted molar refractivity (Wildman–Crippen MR) is 77.5 cm³/mol.